The van der Waals surface area contributed by atoms with Crippen LogP contribution in [0.2, 0.25) is 0 Å². The minimum atomic E-state index is -0.304. The maximum Gasteiger partial charge on any atom is 0.264 e. The van der Waals surface area contributed by atoms with Crippen LogP contribution in [-0.2, 0) is 6.61 Å². The van der Waals surface area contributed by atoms with E-state index in [1.54, 1.807) is 6.07 Å². The molecular weight excluding hydrogens is 411 g/mol. The van der Waals surface area contributed by atoms with Crippen molar-refractivity contribution >= 4 is 39.7 Å². The monoisotopic (exact) mass is 432 g/mol. The number of ether oxygens (including phenoxy) is 1. The summed E-state index contributed by atoms with van der Waals surface area (Å²) in [5.41, 5.74) is 0.655. The summed E-state index contributed by atoms with van der Waals surface area (Å²) in [6.45, 7) is 3.66. The number of hydrogen-bond donors (Lipinski definition) is 1. The highest BCUT2D eigenvalue weighted by molar-refractivity contribution is 7.21. The summed E-state index contributed by atoms with van der Waals surface area (Å²) in [6, 6.07) is 14.4. The predicted octanol–water partition coefficient (Wildman–Crippen LogP) is 4.33. The molecule has 4 nitrogen and oxygen atoms in total. The van der Waals surface area contributed by atoms with Crippen LogP contribution in [0.3, 0.4) is 0 Å². The minimum Gasteiger partial charge on any atom is -0.489 e. The number of halogens is 2. The zero-order valence-electron chi connectivity index (χ0n) is 15.8. The van der Waals surface area contributed by atoms with Crippen molar-refractivity contribution < 1.29 is 13.9 Å². The fourth-order valence-corrected chi connectivity index (χ4v) is 5.50. The molecule has 2 atom stereocenters. The van der Waals surface area contributed by atoms with Gasteiger partial charge in [0, 0.05) is 41.8 Å². The molecule has 0 aliphatic carbocycles. The number of rotatable bonds is 4. The van der Waals surface area contributed by atoms with Crippen LogP contribution in [0.5, 0.6) is 5.75 Å². The lowest BCUT2D eigenvalue weighted by atomic mass is 10.0. The standard InChI is InChI=1S/C22H21FN2O2S.ClH/c23-18-7-4-8-19-20(18)17(13-27-16-5-2-1-3-6-16)21(28-19)22(26)25-11-14-9-24-10-15(14)12-25;/h1-8,14-15,24H,9-13H2;1H/t14-,15+;. The number of fused-ring (bicyclic) bond motifs is 2. The normalized spacial score (nSPS) is 20.5. The molecule has 0 bridgehead atoms. The number of nitrogens with one attached hydrogen (secondary N) is 1. The van der Waals surface area contributed by atoms with Crippen molar-refractivity contribution in [3.05, 3.63) is 64.8 Å². The van der Waals surface area contributed by atoms with Crippen LogP contribution in [0.4, 0.5) is 4.39 Å². The van der Waals surface area contributed by atoms with Crippen LogP contribution >= 0.6 is 23.7 Å². The minimum absolute atomic E-state index is 0. The Bertz CT molecular complexity index is 1010. The van der Waals surface area contributed by atoms with E-state index in [-0.39, 0.29) is 30.7 Å². The zero-order valence-corrected chi connectivity index (χ0v) is 17.4. The summed E-state index contributed by atoms with van der Waals surface area (Å²) in [5, 5.41) is 3.90. The van der Waals surface area contributed by atoms with E-state index in [0.717, 1.165) is 30.9 Å². The van der Waals surface area contributed by atoms with Gasteiger partial charge in [0.15, 0.2) is 0 Å². The van der Waals surface area contributed by atoms with Gasteiger partial charge in [-0.25, -0.2) is 4.39 Å². The van der Waals surface area contributed by atoms with Crippen LogP contribution in [0.1, 0.15) is 15.2 Å². The third-order valence-corrected chi connectivity index (χ3v) is 6.95. The van der Waals surface area contributed by atoms with Crippen molar-refractivity contribution in [3.8, 4) is 5.75 Å². The second kappa shape index (κ2) is 8.30. The molecule has 152 valence electrons. The van der Waals surface area contributed by atoms with Crippen molar-refractivity contribution in [3.63, 3.8) is 0 Å². The average molecular weight is 433 g/mol. The molecule has 0 saturated carbocycles. The Morgan fingerprint density at radius 3 is 2.55 bits per heavy atom. The fourth-order valence-electron chi connectivity index (χ4n) is 4.31. The molecule has 2 aliphatic rings. The van der Waals surface area contributed by atoms with Crippen molar-refractivity contribution in [2.75, 3.05) is 26.2 Å². The van der Waals surface area contributed by atoms with E-state index in [1.165, 1.54) is 17.4 Å². The highest BCUT2D eigenvalue weighted by atomic mass is 35.5. The average Bonchev–Trinajstić information content (AvgIpc) is 3.40. The predicted molar refractivity (Wildman–Crippen MR) is 116 cm³/mol. The molecule has 1 aromatic heterocycles. The molecule has 1 N–H and O–H groups in total. The first-order chi connectivity index (χ1) is 13.7. The number of likely N-dealkylation sites (tertiary alicyclic amines) is 1. The first-order valence-corrected chi connectivity index (χ1v) is 10.4. The quantitative estimate of drug-likeness (QED) is 0.667. The van der Waals surface area contributed by atoms with E-state index < -0.39 is 0 Å². The van der Waals surface area contributed by atoms with Crippen molar-refractivity contribution in [2.24, 2.45) is 11.8 Å². The molecule has 1 amide bonds. The van der Waals surface area contributed by atoms with Crippen LogP contribution in [0, 0.1) is 17.7 Å². The number of carbonyl (C=O) groups excluding carboxylic acids is 1. The summed E-state index contributed by atoms with van der Waals surface area (Å²) < 4.78 is 21.3. The lowest BCUT2D eigenvalue weighted by Gasteiger charge is -2.18. The smallest absolute Gasteiger partial charge is 0.264 e. The third kappa shape index (κ3) is 3.72. The van der Waals surface area contributed by atoms with Gasteiger partial charge in [0.05, 0.1) is 4.88 Å². The maximum atomic E-state index is 14.6. The second-order valence-corrected chi connectivity index (χ2v) is 8.57. The van der Waals surface area contributed by atoms with Crippen molar-refractivity contribution in [1.29, 1.82) is 0 Å². The first kappa shape index (κ1) is 20.1. The van der Waals surface area contributed by atoms with Crippen LogP contribution in [-0.4, -0.2) is 37.0 Å². The van der Waals surface area contributed by atoms with Gasteiger partial charge in [0.25, 0.3) is 5.91 Å². The number of para-hydroxylation sites is 1. The van der Waals surface area contributed by atoms with E-state index in [9.17, 15) is 9.18 Å². The van der Waals surface area contributed by atoms with Gasteiger partial charge in [-0.3, -0.25) is 4.79 Å². The number of thiophene rings is 1. The molecule has 0 unspecified atom stereocenters. The number of nitrogens with zero attached hydrogens (tertiary/aromatic N) is 1. The largest absolute Gasteiger partial charge is 0.489 e. The molecular formula is C22H22ClFN2O2S. The van der Waals surface area contributed by atoms with Gasteiger partial charge in [-0.1, -0.05) is 24.3 Å². The first-order valence-electron chi connectivity index (χ1n) is 9.58. The van der Waals surface area contributed by atoms with E-state index in [2.05, 4.69) is 5.32 Å². The van der Waals surface area contributed by atoms with Gasteiger partial charge >= 0.3 is 0 Å². The molecule has 5 rings (SSSR count). The van der Waals surface area contributed by atoms with Crippen LogP contribution < -0.4 is 10.1 Å². The Morgan fingerprint density at radius 2 is 1.83 bits per heavy atom. The second-order valence-electron chi connectivity index (χ2n) is 7.51. The van der Waals surface area contributed by atoms with E-state index >= 15 is 0 Å². The van der Waals surface area contributed by atoms with E-state index in [0.29, 0.717) is 33.4 Å². The van der Waals surface area contributed by atoms with Crippen LogP contribution in [0.15, 0.2) is 48.5 Å². The lowest BCUT2D eigenvalue weighted by molar-refractivity contribution is 0.0784. The van der Waals surface area contributed by atoms with Gasteiger partial charge in [-0.2, -0.15) is 0 Å². The number of hydrogen-bond acceptors (Lipinski definition) is 4. The Hall–Kier alpha value is -2.15. The van der Waals surface area contributed by atoms with Crippen molar-refractivity contribution in [1.82, 2.24) is 10.2 Å². The zero-order chi connectivity index (χ0) is 19.1. The summed E-state index contributed by atoms with van der Waals surface area (Å²) in [5.74, 6) is 1.46. The molecule has 7 heteroatoms. The fraction of sp³-hybridized carbons (Fsp3) is 0.318. The molecule has 2 fully saturated rings. The number of amides is 1. The molecule has 2 aromatic carbocycles. The molecule has 2 saturated heterocycles. The van der Waals surface area contributed by atoms with Gasteiger partial charge in [0.2, 0.25) is 0 Å². The van der Waals surface area contributed by atoms with E-state index in [4.69, 9.17) is 4.74 Å². The number of benzene rings is 2. The van der Waals surface area contributed by atoms with Crippen LogP contribution in [0.25, 0.3) is 10.1 Å². The van der Waals surface area contributed by atoms with E-state index in [1.807, 2.05) is 41.3 Å². The van der Waals surface area contributed by atoms with Gasteiger partial charge in [-0.05, 0) is 36.1 Å². The Kier molecular flexibility index (Phi) is 5.76. The number of carbonyl (C=O) groups is 1. The molecule has 2 aliphatic heterocycles. The topological polar surface area (TPSA) is 41.6 Å². The summed E-state index contributed by atoms with van der Waals surface area (Å²) in [4.78, 5) is 15.9. The molecule has 3 heterocycles. The highest BCUT2D eigenvalue weighted by Crippen LogP contribution is 2.36. The Labute approximate surface area is 179 Å². The summed E-state index contributed by atoms with van der Waals surface area (Å²) in [7, 11) is 0. The van der Waals surface area contributed by atoms with Gasteiger partial charge in [-0.15, -0.1) is 23.7 Å². The molecule has 3 aromatic rings. The molecule has 29 heavy (non-hydrogen) atoms. The van der Waals surface area contributed by atoms with Gasteiger partial charge < -0.3 is 15.0 Å². The lowest BCUT2D eigenvalue weighted by Crippen LogP contribution is -2.32. The Balaban J connectivity index is 0.00000205. The SMILES string of the molecule is Cl.O=C(c1sc2cccc(F)c2c1COc1ccccc1)N1C[C@H]2CNC[C@H]2C1. The summed E-state index contributed by atoms with van der Waals surface area (Å²) in [6.07, 6.45) is 0. The Morgan fingerprint density at radius 1 is 1.10 bits per heavy atom. The summed E-state index contributed by atoms with van der Waals surface area (Å²) >= 11 is 1.37. The molecule has 0 radical (unpaired) electrons. The molecule has 0 spiro atoms. The van der Waals surface area contributed by atoms with Crippen molar-refractivity contribution in [2.45, 2.75) is 6.61 Å². The highest BCUT2D eigenvalue weighted by Gasteiger charge is 2.39. The third-order valence-electron chi connectivity index (χ3n) is 5.76. The van der Waals surface area contributed by atoms with Gasteiger partial charge in [0.1, 0.15) is 18.2 Å². The maximum absolute atomic E-state index is 14.6.